The Hall–Kier alpha value is -1.24. The summed E-state index contributed by atoms with van der Waals surface area (Å²) in [4.78, 5) is 2.26. The van der Waals surface area contributed by atoms with Gasteiger partial charge in [0, 0.05) is 36.8 Å². The molecule has 0 aromatic heterocycles. The van der Waals surface area contributed by atoms with E-state index in [0.717, 1.165) is 25.2 Å². The monoisotopic (exact) mass is 265 g/mol. The van der Waals surface area contributed by atoms with E-state index in [4.69, 9.17) is 22.6 Å². The normalized spacial score (nSPS) is 10.9. The third-order valence-corrected chi connectivity index (χ3v) is 2.99. The lowest BCUT2D eigenvalue weighted by Crippen LogP contribution is -2.28. The summed E-state index contributed by atoms with van der Waals surface area (Å²) >= 11 is 6.17. The number of anilines is 1. The quantitative estimate of drug-likeness (QED) is 0.803. The summed E-state index contributed by atoms with van der Waals surface area (Å²) < 4.78 is 0. The zero-order valence-corrected chi connectivity index (χ0v) is 11.7. The van der Waals surface area contributed by atoms with Crippen molar-refractivity contribution in [2.24, 2.45) is 5.92 Å². The smallest absolute Gasteiger partial charge is 0.0635 e. The highest BCUT2D eigenvalue weighted by molar-refractivity contribution is 6.31. The maximum atomic E-state index is 8.69. The molecule has 0 saturated carbocycles. The summed E-state index contributed by atoms with van der Waals surface area (Å²) in [5, 5.41) is 9.38. The fourth-order valence-electron chi connectivity index (χ4n) is 1.89. The van der Waals surface area contributed by atoms with Crippen LogP contribution >= 0.6 is 11.6 Å². The molecule has 18 heavy (non-hydrogen) atoms. The zero-order valence-electron chi connectivity index (χ0n) is 11.0. The minimum atomic E-state index is 0.541. The summed E-state index contributed by atoms with van der Waals surface area (Å²) in [6, 6.07) is 7.77. The second kappa shape index (κ2) is 7.25. The maximum Gasteiger partial charge on any atom is 0.0635 e. The topological polar surface area (TPSA) is 53.0 Å². The highest BCUT2D eigenvalue weighted by atomic mass is 35.5. The molecule has 0 aliphatic carbocycles. The van der Waals surface area contributed by atoms with Crippen LogP contribution in [0.3, 0.4) is 0 Å². The molecule has 3 nitrogen and oxygen atoms in total. The molecule has 0 aliphatic heterocycles. The summed E-state index contributed by atoms with van der Waals surface area (Å²) in [7, 11) is 0. The summed E-state index contributed by atoms with van der Waals surface area (Å²) in [6.07, 6.45) is 0.541. The van der Waals surface area contributed by atoms with Gasteiger partial charge in [0.25, 0.3) is 0 Å². The standard InChI is InChI=1S/C14H20ClN3/c1-11(2)9-18(7-3-6-16)10-12-4-5-13(17)8-14(12)15/h4-5,8,11H,3,7,9-10,17H2,1-2H3. The second-order valence-electron chi connectivity index (χ2n) is 4.89. The Balaban J connectivity index is 2.72. The van der Waals surface area contributed by atoms with Crippen molar-refractivity contribution in [3.8, 4) is 6.07 Å². The fourth-order valence-corrected chi connectivity index (χ4v) is 2.14. The molecule has 0 saturated heterocycles. The average molecular weight is 266 g/mol. The van der Waals surface area contributed by atoms with Gasteiger partial charge in [-0.1, -0.05) is 31.5 Å². The Morgan fingerprint density at radius 2 is 2.17 bits per heavy atom. The van der Waals surface area contributed by atoms with Gasteiger partial charge in [-0.2, -0.15) is 5.26 Å². The molecule has 0 amide bonds. The molecule has 0 heterocycles. The molecule has 0 radical (unpaired) electrons. The van der Waals surface area contributed by atoms with Gasteiger partial charge in [-0.05, 0) is 23.6 Å². The van der Waals surface area contributed by atoms with Gasteiger partial charge < -0.3 is 5.73 Å². The van der Waals surface area contributed by atoms with Crippen LogP contribution in [0.1, 0.15) is 25.8 Å². The lowest BCUT2D eigenvalue weighted by molar-refractivity contribution is 0.241. The molecule has 0 spiro atoms. The average Bonchev–Trinajstić information content (AvgIpc) is 2.29. The van der Waals surface area contributed by atoms with Crippen molar-refractivity contribution in [2.45, 2.75) is 26.8 Å². The molecule has 0 aliphatic rings. The molecule has 0 unspecified atom stereocenters. The minimum Gasteiger partial charge on any atom is -0.399 e. The Kier molecular flexibility index (Phi) is 5.97. The number of nitrogens with two attached hydrogens (primary N) is 1. The van der Waals surface area contributed by atoms with E-state index in [1.54, 1.807) is 6.07 Å². The van der Waals surface area contributed by atoms with Crippen molar-refractivity contribution in [1.82, 2.24) is 4.90 Å². The largest absolute Gasteiger partial charge is 0.399 e. The minimum absolute atomic E-state index is 0.541. The first-order chi connectivity index (χ1) is 8.52. The van der Waals surface area contributed by atoms with Crippen molar-refractivity contribution in [3.63, 3.8) is 0 Å². The molecule has 1 aromatic rings. The summed E-state index contributed by atoms with van der Waals surface area (Å²) in [5.74, 6) is 0.566. The maximum absolute atomic E-state index is 8.69. The molecular formula is C14H20ClN3. The predicted octanol–water partition coefficient (Wildman–Crippen LogP) is 3.29. The first kappa shape index (κ1) is 14.8. The van der Waals surface area contributed by atoms with Crippen molar-refractivity contribution < 1.29 is 0 Å². The van der Waals surface area contributed by atoms with E-state index in [2.05, 4.69) is 24.8 Å². The number of hydrogen-bond donors (Lipinski definition) is 1. The Labute approximate surface area is 114 Å². The molecule has 4 heteroatoms. The van der Waals surface area contributed by atoms with Crippen LogP contribution in [-0.2, 0) is 6.54 Å². The summed E-state index contributed by atoms with van der Waals surface area (Å²) in [5.41, 5.74) is 7.41. The van der Waals surface area contributed by atoms with Crippen LogP contribution in [0.5, 0.6) is 0 Å². The van der Waals surface area contributed by atoms with Crippen LogP contribution in [0.25, 0.3) is 0 Å². The van der Waals surface area contributed by atoms with Crippen molar-refractivity contribution in [3.05, 3.63) is 28.8 Å². The van der Waals surface area contributed by atoms with Gasteiger partial charge in [-0.25, -0.2) is 0 Å². The number of benzene rings is 1. The number of nitrogen functional groups attached to an aromatic ring is 1. The second-order valence-corrected chi connectivity index (χ2v) is 5.30. The van der Waals surface area contributed by atoms with E-state index >= 15 is 0 Å². The lowest BCUT2D eigenvalue weighted by atomic mass is 10.1. The molecule has 1 aromatic carbocycles. The van der Waals surface area contributed by atoms with Crippen LogP contribution in [0.4, 0.5) is 5.69 Å². The van der Waals surface area contributed by atoms with Gasteiger partial charge in [0.05, 0.1) is 6.07 Å². The van der Waals surface area contributed by atoms with E-state index < -0.39 is 0 Å². The van der Waals surface area contributed by atoms with Gasteiger partial charge >= 0.3 is 0 Å². The first-order valence-electron chi connectivity index (χ1n) is 6.16. The van der Waals surface area contributed by atoms with E-state index in [9.17, 15) is 0 Å². The van der Waals surface area contributed by atoms with Crippen LogP contribution in [-0.4, -0.2) is 18.0 Å². The van der Waals surface area contributed by atoms with Gasteiger partial charge in [0.1, 0.15) is 0 Å². The third-order valence-electron chi connectivity index (χ3n) is 2.63. The molecule has 0 atom stereocenters. The van der Waals surface area contributed by atoms with E-state index in [1.807, 2.05) is 12.1 Å². The molecule has 0 bridgehead atoms. The number of halogens is 1. The van der Waals surface area contributed by atoms with Crippen molar-refractivity contribution in [1.29, 1.82) is 5.26 Å². The van der Waals surface area contributed by atoms with Crippen LogP contribution < -0.4 is 5.73 Å². The molecule has 98 valence electrons. The van der Waals surface area contributed by atoms with E-state index in [-0.39, 0.29) is 0 Å². The number of rotatable bonds is 6. The van der Waals surface area contributed by atoms with E-state index in [1.165, 1.54) is 0 Å². The molecule has 1 rings (SSSR count). The number of nitrogens with zero attached hydrogens (tertiary/aromatic N) is 2. The van der Waals surface area contributed by atoms with E-state index in [0.29, 0.717) is 23.0 Å². The highest BCUT2D eigenvalue weighted by Crippen LogP contribution is 2.21. The molecular weight excluding hydrogens is 246 g/mol. The van der Waals surface area contributed by atoms with Gasteiger partial charge in [0.2, 0.25) is 0 Å². The first-order valence-corrected chi connectivity index (χ1v) is 6.54. The SMILES string of the molecule is CC(C)CN(CCC#N)Cc1ccc(N)cc1Cl. The predicted molar refractivity (Wildman–Crippen MR) is 76.2 cm³/mol. The van der Waals surface area contributed by atoms with Crippen LogP contribution in [0, 0.1) is 17.2 Å². The third kappa shape index (κ3) is 4.95. The Morgan fingerprint density at radius 1 is 1.44 bits per heavy atom. The van der Waals surface area contributed by atoms with Crippen molar-refractivity contribution >= 4 is 17.3 Å². The highest BCUT2D eigenvalue weighted by Gasteiger charge is 2.10. The number of nitriles is 1. The number of hydrogen-bond acceptors (Lipinski definition) is 3. The zero-order chi connectivity index (χ0) is 13.5. The Bertz CT molecular complexity index is 424. The van der Waals surface area contributed by atoms with Crippen LogP contribution in [0.2, 0.25) is 5.02 Å². The Morgan fingerprint density at radius 3 is 2.72 bits per heavy atom. The lowest BCUT2D eigenvalue weighted by Gasteiger charge is -2.23. The van der Waals surface area contributed by atoms with Crippen LogP contribution in [0.15, 0.2) is 18.2 Å². The van der Waals surface area contributed by atoms with Gasteiger partial charge in [-0.15, -0.1) is 0 Å². The molecule has 2 N–H and O–H groups in total. The van der Waals surface area contributed by atoms with Gasteiger partial charge in [-0.3, -0.25) is 4.90 Å². The fraction of sp³-hybridized carbons (Fsp3) is 0.500. The summed E-state index contributed by atoms with van der Waals surface area (Å²) in [6.45, 7) is 6.84. The van der Waals surface area contributed by atoms with Gasteiger partial charge in [0.15, 0.2) is 0 Å². The molecule has 0 fully saturated rings. The van der Waals surface area contributed by atoms with Crippen molar-refractivity contribution in [2.75, 3.05) is 18.8 Å².